The van der Waals surface area contributed by atoms with Crippen molar-refractivity contribution in [3.63, 3.8) is 0 Å². The second-order valence-electron chi connectivity index (χ2n) is 8.35. The van der Waals surface area contributed by atoms with E-state index in [0.29, 0.717) is 12.0 Å². The Labute approximate surface area is 196 Å². The van der Waals surface area contributed by atoms with E-state index in [4.69, 9.17) is 0 Å². The number of alkyl halides is 3. The number of thiazole rings is 1. The third-order valence-corrected chi connectivity index (χ3v) is 6.52. The van der Waals surface area contributed by atoms with Gasteiger partial charge in [0.05, 0.1) is 10.7 Å². The Kier molecular flexibility index (Phi) is 6.35. The highest BCUT2D eigenvalue weighted by molar-refractivity contribution is 7.10. The van der Waals surface area contributed by atoms with Crippen molar-refractivity contribution in [1.82, 2.24) is 15.1 Å². The average Bonchev–Trinajstić information content (AvgIpc) is 3.49. The Morgan fingerprint density at radius 1 is 1.03 bits per heavy atom. The van der Waals surface area contributed by atoms with Gasteiger partial charge in [-0.2, -0.15) is 18.2 Å². The topological polar surface area (TPSA) is 68.9 Å². The number of hydrogen-bond donors (Lipinski definition) is 0. The maximum absolute atomic E-state index is 13.2. The van der Waals surface area contributed by atoms with Crippen LogP contribution in [0.4, 0.5) is 17.6 Å². The molecule has 2 aromatic heterocycles. The molecule has 0 saturated carbocycles. The first-order valence-electron chi connectivity index (χ1n) is 10.3. The highest BCUT2D eigenvalue weighted by Crippen LogP contribution is 2.34. The van der Waals surface area contributed by atoms with E-state index in [1.54, 1.807) is 24.3 Å². The minimum atomic E-state index is -4.74. The number of benzene rings is 2. The summed E-state index contributed by atoms with van der Waals surface area (Å²) in [6, 6.07) is 12.2. The summed E-state index contributed by atoms with van der Waals surface area (Å²) in [5.41, 5.74) is 1.75. The summed E-state index contributed by atoms with van der Waals surface area (Å²) < 4.78 is 55.6. The maximum atomic E-state index is 13.2. The zero-order chi connectivity index (χ0) is 24.5. The van der Waals surface area contributed by atoms with E-state index in [0.717, 1.165) is 16.3 Å². The first-order valence-corrected chi connectivity index (χ1v) is 11.2. The normalized spacial score (nSPS) is 12.2. The number of nitrogens with zero attached hydrogens (tertiary/aromatic N) is 3. The van der Waals surface area contributed by atoms with E-state index in [2.05, 4.69) is 19.6 Å². The number of rotatable bonds is 7. The predicted molar refractivity (Wildman–Crippen MR) is 119 cm³/mol. The van der Waals surface area contributed by atoms with E-state index >= 15 is 0 Å². The molecule has 0 aliphatic heterocycles. The summed E-state index contributed by atoms with van der Waals surface area (Å²) in [7, 11) is 0. The molecule has 4 aromatic rings. The molecule has 0 unspecified atom stereocenters. The zero-order valence-corrected chi connectivity index (χ0v) is 19.0. The van der Waals surface area contributed by atoms with Crippen LogP contribution >= 0.6 is 11.3 Å². The van der Waals surface area contributed by atoms with Gasteiger partial charge < -0.3 is 4.52 Å². The molecule has 176 valence electrons. The summed E-state index contributed by atoms with van der Waals surface area (Å²) in [5, 5.41) is 6.11. The molecule has 0 amide bonds. The van der Waals surface area contributed by atoms with Gasteiger partial charge in [-0.05, 0) is 36.8 Å². The molecule has 0 atom stereocenters. The molecule has 2 heterocycles. The second kappa shape index (κ2) is 9.09. The van der Waals surface area contributed by atoms with Crippen molar-refractivity contribution in [3.8, 4) is 22.6 Å². The Hall–Kier alpha value is -3.40. The lowest BCUT2D eigenvalue weighted by Gasteiger charge is -2.21. The number of halogens is 4. The Morgan fingerprint density at radius 3 is 2.44 bits per heavy atom. The van der Waals surface area contributed by atoms with E-state index in [1.807, 2.05) is 19.2 Å². The molecule has 0 bridgehead atoms. The van der Waals surface area contributed by atoms with Crippen molar-refractivity contribution in [2.45, 2.75) is 38.3 Å². The average molecular weight is 489 g/mol. The van der Waals surface area contributed by atoms with Crippen molar-refractivity contribution >= 4 is 17.1 Å². The smallest absolute Gasteiger partial charge is 0.329 e. The molecular weight excluding hydrogens is 470 g/mol. The van der Waals surface area contributed by atoms with Gasteiger partial charge in [0.15, 0.2) is 5.78 Å². The fourth-order valence-corrected chi connectivity index (χ4v) is 4.29. The molecule has 5 nitrogen and oxygen atoms in total. The van der Waals surface area contributed by atoms with Crippen molar-refractivity contribution in [2.75, 3.05) is 0 Å². The van der Waals surface area contributed by atoms with Gasteiger partial charge in [-0.1, -0.05) is 37.2 Å². The fourth-order valence-electron chi connectivity index (χ4n) is 3.30. The molecule has 0 N–H and O–H groups in total. The highest BCUT2D eigenvalue weighted by Gasteiger charge is 2.38. The standard InChI is InChI=1S/C24H19F4N3O2S/c1-23(2,22-29-18(13-34-22)14-6-8-17(25)9-7-14)11-10-19(32)15-4-3-5-16(12-15)20-30-21(33-31-20)24(26,27)28/h3-9,12-13H,10-11H2,1-2H3. The fraction of sp³-hybridized carbons (Fsp3) is 0.250. The van der Waals surface area contributed by atoms with Crippen LogP contribution in [0.25, 0.3) is 22.6 Å². The minimum absolute atomic E-state index is 0.162. The van der Waals surface area contributed by atoms with E-state index in [1.165, 1.54) is 35.6 Å². The van der Waals surface area contributed by atoms with Gasteiger partial charge in [-0.15, -0.1) is 11.3 Å². The van der Waals surface area contributed by atoms with E-state index in [-0.39, 0.29) is 29.4 Å². The van der Waals surface area contributed by atoms with Crippen molar-refractivity contribution in [2.24, 2.45) is 0 Å². The molecule has 0 fully saturated rings. The Bertz CT molecular complexity index is 1310. The first kappa shape index (κ1) is 23.7. The molecule has 34 heavy (non-hydrogen) atoms. The van der Waals surface area contributed by atoms with Crippen LogP contribution in [0.1, 0.15) is 47.9 Å². The zero-order valence-electron chi connectivity index (χ0n) is 18.2. The van der Waals surface area contributed by atoms with Gasteiger partial charge >= 0.3 is 12.1 Å². The van der Waals surface area contributed by atoms with Crippen LogP contribution in [-0.4, -0.2) is 20.9 Å². The molecule has 0 saturated heterocycles. The molecular formula is C24H19F4N3O2S. The largest absolute Gasteiger partial charge is 0.471 e. The molecule has 0 aliphatic carbocycles. The number of carbonyl (C=O) groups is 1. The van der Waals surface area contributed by atoms with Crippen LogP contribution in [0.3, 0.4) is 0 Å². The monoisotopic (exact) mass is 489 g/mol. The number of carbonyl (C=O) groups excluding carboxylic acids is 1. The summed E-state index contributed by atoms with van der Waals surface area (Å²) in [6.07, 6.45) is -4.02. The van der Waals surface area contributed by atoms with Gasteiger partial charge in [-0.3, -0.25) is 4.79 Å². The Morgan fingerprint density at radius 2 is 1.76 bits per heavy atom. The molecule has 2 aromatic carbocycles. The van der Waals surface area contributed by atoms with Crippen LogP contribution in [0.2, 0.25) is 0 Å². The summed E-state index contributed by atoms with van der Waals surface area (Å²) in [6.45, 7) is 3.98. The van der Waals surface area contributed by atoms with Crippen LogP contribution < -0.4 is 0 Å². The van der Waals surface area contributed by atoms with Crippen LogP contribution in [0.5, 0.6) is 0 Å². The lowest BCUT2D eigenvalue weighted by molar-refractivity contribution is -0.159. The SMILES string of the molecule is CC(C)(CCC(=O)c1cccc(-c2noc(C(F)(F)F)n2)c1)c1nc(-c2ccc(F)cc2)cs1. The van der Waals surface area contributed by atoms with Crippen LogP contribution in [0.15, 0.2) is 58.4 Å². The quantitative estimate of drug-likeness (QED) is 0.207. The maximum Gasteiger partial charge on any atom is 0.471 e. The minimum Gasteiger partial charge on any atom is -0.329 e. The van der Waals surface area contributed by atoms with Gasteiger partial charge in [0.25, 0.3) is 0 Å². The lowest BCUT2D eigenvalue weighted by atomic mass is 9.86. The third kappa shape index (κ3) is 5.22. The predicted octanol–water partition coefficient (Wildman–Crippen LogP) is 6.96. The molecule has 0 spiro atoms. The molecule has 0 aliphatic rings. The molecule has 10 heteroatoms. The van der Waals surface area contributed by atoms with Crippen molar-refractivity contribution < 1.29 is 26.9 Å². The summed E-state index contributed by atoms with van der Waals surface area (Å²) in [4.78, 5) is 20.9. The highest BCUT2D eigenvalue weighted by atomic mass is 32.1. The van der Waals surface area contributed by atoms with Gasteiger partial charge in [0.2, 0.25) is 5.82 Å². The second-order valence-corrected chi connectivity index (χ2v) is 9.21. The first-order chi connectivity index (χ1) is 16.0. The summed E-state index contributed by atoms with van der Waals surface area (Å²) in [5.74, 6) is -2.16. The number of Topliss-reactive ketones (excluding diaryl/α,β-unsaturated/α-hetero) is 1. The number of hydrogen-bond acceptors (Lipinski definition) is 6. The molecule has 4 rings (SSSR count). The van der Waals surface area contributed by atoms with Gasteiger partial charge in [0, 0.05) is 33.9 Å². The third-order valence-electron chi connectivity index (χ3n) is 5.31. The molecule has 0 radical (unpaired) electrons. The van der Waals surface area contributed by atoms with Crippen LogP contribution in [0, 0.1) is 5.82 Å². The van der Waals surface area contributed by atoms with E-state index in [9.17, 15) is 22.4 Å². The van der Waals surface area contributed by atoms with E-state index < -0.39 is 17.5 Å². The van der Waals surface area contributed by atoms with Crippen molar-refractivity contribution in [1.29, 1.82) is 0 Å². The number of aromatic nitrogens is 3. The van der Waals surface area contributed by atoms with Crippen LogP contribution in [-0.2, 0) is 11.6 Å². The lowest BCUT2D eigenvalue weighted by Crippen LogP contribution is -2.18. The van der Waals surface area contributed by atoms with Gasteiger partial charge in [0.1, 0.15) is 5.82 Å². The Balaban J connectivity index is 1.45. The van der Waals surface area contributed by atoms with Crippen molar-refractivity contribution in [3.05, 3.63) is 76.2 Å². The van der Waals surface area contributed by atoms with Gasteiger partial charge in [-0.25, -0.2) is 9.37 Å². The number of ketones is 1. The summed E-state index contributed by atoms with van der Waals surface area (Å²) >= 11 is 1.47.